The van der Waals surface area contributed by atoms with E-state index < -0.39 is 0 Å². The van der Waals surface area contributed by atoms with Crippen LogP contribution in [0, 0.1) is 5.41 Å². The maximum absolute atomic E-state index is 9.19. The highest BCUT2D eigenvalue weighted by molar-refractivity contribution is 5.85. The Morgan fingerprint density at radius 3 is 2.91 bits per heavy atom. The number of nitrogens with one attached hydrogen (secondary N) is 1. The van der Waals surface area contributed by atoms with Crippen molar-refractivity contribution < 1.29 is 5.11 Å². The summed E-state index contributed by atoms with van der Waals surface area (Å²) in [6, 6.07) is 0.637. The number of rotatable bonds is 1. The van der Waals surface area contributed by atoms with Crippen LogP contribution in [0.2, 0.25) is 0 Å². The maximum Gasteiger partial charge on any atom is 0.0502 e. The van der Waals surface area contributed by atoms with Gasteiger partial charge in [0.1, 0.15) is 0 Å². The van der Waals surface area contributed by atoms with Crippen LogP contribution in [-0.2, 0) is 0 Å². The van der Waals surface area contributed by atoms with Gasteiger partial charge in [-0.15, -0.1) is 12.4 Å². The summed E-state index contributed by atoms with van der Waals surface area (Å²) in [5.41, 5.74) is 0.292. The summed E-state index contributed by atoms with van der Waals surface area (Å²) in [6.07, 6.45) is 5.01. The molecule has 0 aromatic carbocycles. The first kappa shape index (κ1) is 9.30. The smallest absolute Gasteiger partial charge is 0.0502 e. The minimum Gasteiger partial charge on any atom is -0.396 e. The first-order chi connectivity index (χ1) is 4.87. The van der Waals surface area contributed by atoms with E-state index >= 15 is 0 Å². The average molecular weight is 178 g/mol. The van der Waals surface area contributed by atoms with Crippen molar-refractivity contribution in [2.24, 2.45) is 5.41 Å². The van der Waals surface area contributed by atoms with E-state index in [1.54, 1.807) is 0 Å². The molecule has 2 unspecified atom stereocenters. The van der Waals surface area contributed by atoms with Gasteiger partial charge in [0.05, 0.1) is 6.61 Å². The van der Waals surface area contributed by atoms with Crippen molar-refractivity contribution in [3.8, 4) is 0 Å². The standard InChI is InChI=1S/C8H15NO.ClH/c10-6-8-3-1-2-7(8)9-5-4-8;/h7,9-10H,1-6H2;1H. The molecule has 2 fully saturated rings. The maximum atomic E-state index is 9.19. The molecule has 11 heavy (non-hydrogen) atoms. The molecule has 0 amide bonds. The third-order valence-electron chi connectivity index (χ3n) is 3.24. The van der Waals surface area contributed by atoms with Crippen LogP contribution in [0.3, 0.4) is 0 Å². The lowest BCUT2D eigenvalue weighted by atomic mass is 9.84. The summed E-state index contributed by atoms with van der Waals surface area (Å²) in [6.45, 7) is 1.51. The zero-order chi connectivity index (χ0) is 7.03. The van der Waals surface area contributed by atoms with Crippen molar-refractivity contribution >= 4 is 12.4 Å². The van der Waals surface area contributed by atoms with Crippen molar-refractivity contribution in [3.05, 3.63) is 0 Å². The molecule has 2 aliphatic rings. The highest BCUT2D eigenvalue weighted by Gasteiger charge is 2.45. The molecule has 2 rings (SSSR count). The van der Waals surface area contributed by atoms with Crippen LogP contribution in [0.1, 0.15) is 25.7 Å². The molecule has 0 aromatic heterocycles. The first-order valence-electron chi connectivity index (χ1n) is 4.22. The summed E-state index contributed by atoms with van der Waals surface area (Å²) < 4.78 is 0. The van der Waals surface area contributed by atoms with Crippen molar-refractivity contribution in [1.82, 2.24) is 5.32 Å². The van der Waals surface area contributed by atoms with Gasteiger partial charge in [-0.25, -0.2) is 0 Å². The summed E-state index contributed by atoms with van der Waals surface area (Å²) in [4.78, 5) is 0. The number of aliphatic hydroxyl groups excluding tert-OH is 1. The van der Waals surface area contributed by atoms with Gasteiger partial charge in [0.2, 0.25) is 0 Å². The third-order valence-corrected chi connectivity index (χ3v) is 3.24. The minimum absolute atomic E-state index is 0. The molecule has 1 heterocycles. The van der Waals surface area contributed by atoms with Gasteiger partial charge < -0.3 is 10.4 Å². The second-order valence-electron chi connectivity index (χ2n) is 3.67. The van der Waals surface area contributed by atoms with E-state index in [9.17, 15) is 5.11 Å². The van der Waals surface area contributed by atoms with E-state index in [2.05, 4.69) is 5.32 Å². The molecule has 1 aliphatic carbocycles. The second-order valence-corrected chi connectivity index (χ2v) is 3.67. The normalized spacial score (nSPS) is 41.7. The summed E-state index contributed by atoms with van der Waals surface area (Å²) in [5.74, 6) is 0. The highest BCUT2D eigenvalue weighted by Crippen LogP contribution is 2.43. The fourth-order valence-corrected chi connectivity index (χ4v) is 2.52. The monoisotopic (exact) mass is 177 g/mol. The van der Waals surface area contributed by atoms with Crippen LogP contribution in [0.4, 0.5) is 0 Å². The molecule has 1 saturated carbocycles. The molecule has 1 aliphatic heterocycles. The zero-order valence-electron chi connectivity index (χ0n) is 6.68. The number of hydrogen-bond donors (Lipinski definition) is 2. The Bertz CT molecular complexity index is 130. The Morgan fingerprint density at radius 2 is 2.27 bits per heavy atom. The SMILES string of the molecule is Cl.OCC12CCCC1NCC2. The molecule has 2 nitrogen and oxygen atoms in total. The fraction of sp³-hybridized carbons (Fsp3) is 1.00. The molecule has 3 heteroatoms. The number of aliphatic hydroxyl groups is 1. The molecule has 2 atom stereocenters. The van der Waals surface area contributed by atoms with E-state index in [0.717, 1.165) is 6.54 Å². The van der Waals surface area contributed by atoms with Gasteiger partial charge in [0.15, 0.2) is 0 Å². The molecule has 0 spiro atoms. The molecule has 2 N–H and O–H groups in total. The van der Waals surface area contributed by atoms with Gasteiger partial charge in [-0.05, 0) is 25.8 Å². The Labute approximate surface area is 73.8 Å². The molecule has 1 saturated heterocycles. The Balaban J connectivity index is 0.000000605. The van der Waals surface area contributed by atoms with Gasteiger partial charge in [0.25, 0.3) is 0 Å². The molecule has 66 valence electrons. The van der Waals surface area contributed by atoms with E-state index in [4.69, 9.17) is 0 Å². The average Bonchev–Trinajstić information content (AvgIpc) is 2.42. The van der Waals surface area contributed by atoms with Crippen LogP contribution >= 0.6 is 12.4 Å². The van der Waals surface area contributed by atoms with Gasteiger partial charge in [-0.2, -0.15) is 0 Å². The predicted octanol–water partition coefficient (Wildman–Crippen LogP) is 0.933. The van der Waals surface area contributed by atoms with Crippen molar-refractivity contribution in [2.45, 2.75) is 31.7 Å². The lowest BCUT2D eigenvalue weighted by Crippen LogP contribution is -2.34. The van der Waals surface area contributed by atoms with E-state index in [0.29, 0.717) is 18.1 Å². The van der Waals surface area contributed by atoms with Gasteiger partial charge >= 0.3 is 0 Å². The van der Waals surface area contributed by atoms with Crippen LogP contribution in [0.25, 0.3) is 0 Å². The molecular formula is C8H16ClNO. The first-order valence-corrected chi connectivity index (χ1v) is 4.22. The van der Waals surface area contributed by atoms with Gasteiger partial charge in [0, 0.05) is 11.5 Å². The number of fused-ring (bicyclic) bond motifs is 1. The van der Waals surface area contributed by atoms with Crippen molar-refractivity contribution in [3.63, 3.8) is 0 Å². The molecule has 0 bridgehead atoms. The Kier molecular flexibility index (Phi) is 2.79. The molecule has 0 aromatic rings. The topological polar surface area (TPSA) is 32.3 Å². The van der Waals surface area contributed by atoms with Crippen molar-refractivity contribution in [1.29, 1.82) is 0 Å². The third kappa shape index (κ3) is 1.28. The largest absolute Gasteiger partial charge is 0.396 e. The van der Waals surface area contributed by atoms with Crippen molar-refractivity contribution in [2.75, 3.05) is 13.2 Å². The van der Waals surface area contributed by atoms with Crippen LogP contribution in [0.5, 0.6) is 0 Å². The van der Waals surface area contributed by atoms with Crippen LogP contribution < -0.4 is 5.32 Å². The van der Waals surface area contributed by atoms with Crippen LogP contribution in [-0.4, -0.2) is 24.3 Å². The lowest BCUT2D eigenvalue weighted by molar-refractivity contribution is 0.128. The summed E-state index contributed by atoms with van der Waals surface area (Å²) in [7, 11) is 0. The van der Waals surface area contributed by atoms with Crippen LogP contribution in [0.15, 0.2) is 0 Å². The highest BCUT2D eigenvalue weighted by atomic mass is 35.5. The second kappa shape index (κ2) is 3.30. The zero-order valence-corrected chi connectivity index (χ0v) is 7.49. The lowest BCUT2D eigenvalue weighted by Gasteiger charge is -2.25. The number of halogens is 1. The van der Waals surface area contributed by atoms with Gasteiger partial charge in [-0.1, -0.05) is 6.42 Å². The van der Waals surface area contributed by atoms with E-state index in [1.807, 2.05) is 0 Å². The minimum atomic E-state index is 0. The fourth-order valence-electron chi connectivity index (χ4n) is 2.52. The summed E-state index contributed by atoms with van der Waals surface area (Å²) >= 11 is 0. The predicted molar refractivity (Wildman–Crippen MR) is 47.0 cm³/mol. The Hall–Kier alpha value is 0.210. The van der Waals surface area contributed by atoms with Gasteiger partial charge in [-0.3, -0.25) is 0 Å². The number of hydrogen-bond acceptors (Lipinski definition) is 2. The Morgan fingerprint density at radius 1 is 1.45 bits per heavy atom. The van der Waals surface area contributed by atoms with E-state index in [1.165, 1.54) is 25.7 Å². The quantitative estimate of drug-likeness (QED) is 0.625. The summed E-state index contributed by atoms with van der Waals surface area (Å²) in [5, 5.41) is 12.6. The molecule has 0 radical (unpaired) electrons. The molecular weight excluding hydrogens is 162 g/mol. The van der Waals surface area contributed by atoms with E-state index in [-0.39, 0.29) is 12.4 Å².